The molecule has 3 atom stereocenters. The third kappa shape index (κ3) is 3.98. The maximum absolute atomic E-state index is 12.3. The summed E-state index contributed by atoms with van der Waals surface area (Å²) in [4.78, 5) is 16.7. The van der Waals surface area contributed by atoms with E-state index in [9.17, 15) is 4.79 Å². The van der Waals surface area contributed by atoms with Crippen molar-refractivity contribution in [3.63, 3.8) is 0 Å². The van der Waals surface area contributed by atoms with Gasteiger partial charge in [0.15, 0.2) is 0 Å². The number of carbonyl (C=O) groups excluding carboxylic acids is 1. The van der Waals surface area contributed by atoms with Crippen LogP contribution < -0.4 is 0 Å². The van der Waals surface area contributed by atoms with E-state index in [1.54, 1.807) is 0 Å². The third-order valence-electron chi connectivity index (χ3n) is 4.99. The molecule has 0 aliphatic carbocycles. The Bertz CT molecular complexity index is 367. The second-order valence-electron chi connectivity index (χ2n) is 6.64. The van der Waals surface area contributed by atoms with Gasteiger partial charge in [-0.1, -0.05) is 6.92 Å². The predicted octanol–water partition coefficient (Wildman–Crippen LogP) is 0.361. The molecule has 0 aromatic heterocycles. The smallest absolute Gasteiger partial charge is 0.248 e. The normalized spacial score (nSPS) is 33.5. The zero-order chi connectivity index (χ0) is 15.4. The van der Waals surface area contributed by atoms with E-state index >= 15 is 0 Å². The van der Waals surface area contributed by atoms with Gasteiger partial charge in [-0.25, -0.2) is 0 Å². The maximum Gasteiger partial charge on any atom is 0.248 e. The van der Waals surface area contributed by atoms with Gasteiger partial charge in [-0.3, -0.25) is 9.69 Å². The minimum atomic E-state index is 0.112. The van der Waals surface area contributed by atoms with E-state index in [0.29, 0.717) is 18.6 Å². The highest BCUT2D eigenvalue weighted by Gasteiger charge is 2.36. The molecule has 0 radical (unpaired) electrons. The van der Waals surface area contributed by atoms with Gasteiger partial charge >= 0.3 is 0 Å². The van der Waals surface area contributed by atoms with Crippen molar-refractivity contribution in [2.45, 2.75) is 31.9 Å². The summed E-state index contributed by atoms with van der Waals surface area (Å²) >= 11 is 0. The molecule has 3 rings (SSSR count). The molecule has 126 valence electrons. The third-order valence-corrected chi connectivity index (χ3v) is 4.99. The highest BCUT2D eigenvalue weighted by atomic mass is 16.5. The molecular formula is C16H28N2O4. The Hall–Kier alpha value is -0.690. The molecule has 6 heteroatoms. The van der Waals surface area contributed by atoms with Crippen LogP contribution in [0, 0.1) is 5.92 Å². The van der Waals surface area contributed by atoms with E-state index < -0.39 is 0 Å². The summed E-state index contributed by atoms with van der Waals surface area (Å²) < 4.78 is 16.5. The Labute approximate surface area is 132 Å². The Morgan fingerprint density at radius 1 is 1.23 bits per heavy atom. The summed E-state index contributed by atoms with van der Waals surface area (Å²) in [6, 6.07) is 0.464. The first-order valence-corrected chi connectivity index (χ1v) is 8.53. The molecule has 3 unspecified atom stereocenters. The Balaban J connectivity index is 1.41. The van der Waals surface area contributed by atoms with Gasteiger partial charge < -0.3 is 19.1 Å². The zero-order valence-electron chi connectivity index (χ0n) is 13.5. The van der Waals surface area contributed by atoms with Gasteiger partial charge in [-0.05, 0) is 18.8 Å². The van der Waals surface area contributed by atoms with Crippen molar-refractivity contribution in [2.24, 2.45) is 5.92 Å². The fourth-order valence-electron chi connectivity index (χ4n) is 3.68. The van der Waals surface area contributed by atoms with Crippen molar-refractivity contribution in [1.29, 1.82) is 0 Å². The van der Waals surface area contributed by atoms with Crippen LogP contribution in [-0.4, -0.2) is 87.1 Å². The van der Waals surface area contributed by atoms with E-state index in [1.807, 2.05) is 4.90 Å². The van der Waals surface area contributed by atoms with E-state index in [0.717, 1.165) is 58.8 Å². The molecular weight excluding hydrogens is 284 g/mol. The van der Waals surface area contributed by atoms with Crippen LogP contribution in [-0.2, 0) is 19.0 Å². The minimum Gasteiger partial charge on any atom is -0.379 e. The first kappa shape index (κ1) is 16.2. The minimum absolute atomic E-state index is 0.112. The molecule has 0 spiro atoms. The second kappa shape index (κ2) is 7.73. The van der Waals surface area contributed by atoms with Gasteiger partial charge in [0, 0.05) is 38.8 Å². The average molecular weight is 312 g/mol. The van der Waals surface area contributed by atoms with Crippen molar-refractivity contribution in [2.75, 3.05) is 59.2 Å². The number of ether oxygens (including phenoxy) is 3. The van der Waals surface area contributed by atoms with E-state index in [1.165, 1.54) is 0 Å². The number of hydrogen-bond acceptors (Lipinski definition) is 5. The van der Waals surface area contributed by atoms with Crippen LogP contribution >= 0.6 is 0 Å². The lowest BCUT2D eigenvalue weighted by molar-refractivity contribution is -0.136. The Morgan fingerprint density at radius 3 is 2.77 bits per heavy atom. The van der Waals surface area contributed by atoms with Gasteiger partial charge in [0.2, 0.25) is 5.91 Å². The zero-order valence-corrected chi connectivity index (χ0v) is 13.5. The SMILES string of the molecule is CC1CN(C(=O)COCC2CCCO2)CC1N1CCOCC1. The maximum atomic E-state index is 12.3. The molecule has 0 bridgehead atoms. The van der Waals surface area contributed by atoms with Gasteiger partial charge in [0.25, 0.3) is 0 Å². The van der Waals surface area contributed by atoms with Crippen LogP contribution in [0.2, 0.25) is 0 Å². The van der Waals surface area contributed by atoms with Crippen molar-refractivity contribution in [1.82, 2.24) is 9.80 Å². The number of likely N-dealkylation sites (tertiary alicyclic amines) is 1. The Kier molecular flexibility index (Phi) is 5.68. The number of rotatable bonds is 5. The van der Waals surface area contributed by atoms with E-state index in [-0.39, 0.29) is 18.6 Å². The molecule has 3 heterocycles. The standard InChI is InChI=1S/C16H28N2O4/c1-13-9-18(10-15(13)17-4-7-20-8-5-17)16(19)12-21-11-14-3-2-6-22-14/h13-15H,2-12H2,1H3. The van der Waals surface area contributed by atoms with Crippen molar-refractivity contribution >= 4 is 5.91 Å². The van der Waals surface area contributed by atoms with Gasteiger partial charge in [0.1, 0.15) is 6.61 Å². The highest BCUT2D eigenvalue weighted by molar-refractivity contribution is 5.77. The number of carbonyl (C=O) groups is 1. The molecule has 0 saturated carbocycles. The summed E-state index contributed by atoms with van der Waals surface area (Å²) in [6.07, 6.45) is 2.34. The lowest BCUT2D eigenvalue weighted by Crippen LogP contribution is -2.47. The molecule has 0 aromatic rings. The van der Waals surface area contributed by atoms with Crippen molar-refractivity contribution in [3.8, 4) is 0 Å². The monoisotopic (exact) mass is 312 g/mol. The fraction of sp³-hybridized carbons (Fsp3) is 0.938. The van der Waals surface area contributed by atoms with Crippen LogP contribution in [0.15, 0.2) is 0 Å². The molecule has 3 aliphatic rings. The quantitative estimate of drug-likeness (QED) is 0.734. The molecule has 22 heavy (non-hydrogen) atoms. The first-order chi connectivity index (χ1) is 10.7. The molecule has 0 aromatic carbocycles. The van der Waals surface area contributed by atoms with Crippen LogP contribution in [0.3, 0.4) is 0 Å². The summed E-state index contributed by atoms with van der Waals surface area (Å²) in [5.41, 5.74) is 0. The number of hydrogen-bond donors (Lipinski definition) is 0. The molecule has 6 nitrogen and oxygen atoms in total. The summed E-state index contributed by atoms with van der Waals surface area (Å²) in [7, 11) is 0. The van der Waals surface area contributed by atoms with Crippen molar-refractivity contribution in [3.05, 3.63) is 0 Å². The largest absolute Gasteiger partial charge is 0.379 e. The van der Waals surface area contributed by atoms with Gasteiger partial charge in [0.05, 0.1) is 25.9 Å². The summed E-state index contributed by atoms with van der Waals surface area (Å²) in [5.74, 6) is 0.626. The lowest BCUT2D eigenvalue weighted by atomic mass is 10.0. The topological polar surface area (TPSA) is 51.2 Å². The highest BCUT2D eigenvalue weighted by Crippen LogP contribution is 2.23. The van der Waals surface area contributed by atoms with Crippen LogP contribution in [0.5, 0.6) is 0 Å². The fourth-order valence-corrected chi connectivity index (χ4v) is 3.68. The molecule has 3 aliphatic heterocycles. The Morgan fingerprint density at radius 2 is 2.05 bits per heavy atom. The molecule has 1 amide bonds. The lowest BCUT2D eigenvalue weighted by Gasteiger charge is -2.33. The van der Waals surface area contributed by atoms with E-state index in [4.69, 9.17) is 14.2 Å². The first-order valence-electron chi connectivity index (χ1n) is 8.53. The van der Waals surface area contributed by atoms with Crippen molar-refractivity contribution < 1.29 is 19.0 Å². The molecule has 3 fully saturated rings. The van der Waals surface area contributed by atoms with E-state index in [2.05, 4.69) is 11.8 Å². The number of amides is 1. The van der Waals surface area contributed by atoms with Gasteiger partial charge in [-0.2, -0.15) is 0 Å². The average Bonchev–Trinajstić information content (AvgIpc) is 3.17. The van der Waals surface area contributed by atoms with Gasteiger partial charge in [-0.15, -0.1) is 0 Å². The molecule has 3 saturated heterocycles. The predicted molar refractivity (Wildman–Crippen MR) is 81.7 cm³/mol. The van der Waals surface area contributed by atoms with Crippen LogP contribution in [0.25, 0.3) is 0 Å². The second-order valence-corrected chi connectivity index (χ2v) is 6.64. The molecule has 0 N–H and O–H groups in total. The van der Waals surface area contributed by atoms with Crippen LogP contribution in [0.1, 0.15) is 19.8 Å². The summed E-state index contributed by atoms with van der Waals surface area (Å²) in [5, 5.41) is 0. The number of morpholine rings is 1. The van der Waals surface area contributed by atoms with Crippen LogP contribution in [0.4, 0.5) is 0 Å². The summed E-state index contributed by atoms with van der Waals surface area (Å²) in [6.45, 7) is 9.02. The number of nitrogens with zero attached hydrogens (tertiary/aromatic N) is 2.